The topological polar surface area (TPSA) is 84.7 Å². The van der Waals surface area contributed by atoms with Crippen molar-refractivity contribution in [2.75, 3.05) is 31.1 Å². The number of nitrogens with zero attached hydrogens (tertiary/aromatic N) is 4. The molecule has 2 aromatic rings. The Bertz CT molecular complexity index is 1360. The molecule has 1 atom stereocenters. The number of halogens is 1. The van der Waals surface area contributed by atoms with Crippen molar-refractivity contribution in [3.8, 4) is 0 Å². The average Bonchev–Trinajstić information content (AvgIpc) is 3.69. The van der Waals surface area contributed by atoms with Gasteiger partial charge in [0.15, 0.2) is 5.82 Å². The second-order valence-corrected chi connectivity index (χ2v) is 13.9. The summed E-state index contributed by atoms with van der Waals surface area (Å²) in [4.78, 5) is 44.4. The molecule has 6 rings (SSSR count). The molecule has 1 saturated carbocycles. The van der Waals surface area contributed by atoms with Gasteiger partial charge in [-0.05, 0) is 82.8 Å². The van der Waals surface area contributed by atoms with Gasteiger partial charge in [0, 0.05) is 44.1 Å². The zero-order valence-corrected chi connectivity index (χ0v) is 25.4. The molecule has 1 aromatic heterocycles. The maximum Gasteiger partial charge on any atom is 0.309 e. The van der Waals surface area contributed by atoms with E-state index in [4.69, 9.17) is 21.4 Å². The van der Waals surface area contributed by atoms with Gasteiger partial charge in [0.05, 0.1) is 22.2 Å². The lowest BCUT2D eigenvalue weighted by Gasteiger charge is -2.40. The van der Waals surface area contributed by atoms with E-state index in [9.17, 15) is 14.4 Å². The van der Waals surface area contributed by atoms with E-state index in [1.807, 2.05) is 37.8 Å². The Balaban J connectivity index is 1.30. The molecule has 1 unspecified atom stereocenters. The van der Waals surface area contributed by atoms with Crippen LogP contribution in [0.4, 0.5) is 5.82 Å². The monoisotopic (exact) mass is 580 g/mol. The quantitative estimate of drug-likeness (QED) is 0.450. The first kappa shape index (κ1) is 28.3. The second kappa shape index (κ2) is 10.8. The fourth-order valence-corrected chi connectivity index (χ4v) is 6.94. The van der Waals surface area contributed by atoms with Crippen molar-refractivity contribution in [3.05, 3.63) is 45.6 Å². The Morgan fingerprint density at radius 2 is 1.71 bits per heavy atom. The molecule has 0 bridgehead atoms. The molecule has 1 aromatic carbocycles. The van der Waals surface area contributed by atoms with Crippen LogP contribution in [0.3, 0.4) is 0 Å². The number of rotatable bonds is 5. The summed E-state index contributed by atoms with van der Waals surface area (Å²) in [6.45, 7) is 10.8. The summed E-state index contributed by atoms with van der Waals surface area (Å²) >= 11 is 6.66. The van der Waals surface area contributed by atoms with Crippen molar-refractivity contribution in [1.82, 2.24) is 14.7 Å². The van der Waals surface area contributed by atoms with E-state index >= 15 is 0 Å². The van der Waals surface area contributed by atoms with Crippen molar-refractivity contribution in [2.45, 2.75) is 84.2 Å². The van der Waals surface area contributed by atoms with E-state index in [2.05, 4.69) is 11.8 Å². The Hall–Kier alpha value is -2.87. The Labute approximate surface area is 247 Å². The van der Waals surface area contributed by atoms with Crippen LogP contribution >= 0.6 is 11.6 Å². The molecule has 2 aliphatic heterocycles. The molecule has 0 radical (unpaired) electrons. The molecule has 0 N–H and O–H groups in total. The first-order valence-electron chi connectivity index (χ1n) is 15.2. The normalized spacial score (nSPS) is 21.8. The molecule has 2 saturated heterocycles. The lowest BCUT2D eigenvalue weighted by molar-refractivity contribution is -0.160. The van der Waals surface area contributed by atoms with Gasteiger partial charge in [0.1, 0.15) is 5.60 Å². The van der Waals surface area contributed by atoms with Crippen LogP contribution in [-0.2, 0) is 27.2 Å². The van der Waals surface area contributed by atoms with Crippen LogP contribution in [0.1, 0.15) is 92.9 Å². The SMILES string of the molecule is CC1CN(C(=O)C2CCc3c(N4CCC(C(=O)OC(C)(C)C)CC4)nn(C(=O)c4c(Cl)cccc4C4CC4)c3C2)C1. The zero-order chi connectivity index (χ0) is 29.1. The van der Waals surface area contributed by atoms with Crippen LogP contribution in [0.15, 0.2) is 18.2 Å². The van der Waals surface area contributed by atoms with Gasteiger partial charge >= 0.3 is 5.97 Å². The van der Waals surface area contributed by atoms with E-state index in [1.54, 1.807) is 10.7 Å². The molecule has 3 heterocycles. The maximum atomic E-state index is 14.2. The van der Waals surface area contributed by atoms with Crippen molar-refractivity contribution in [2.24, 2.45) is 17.8 Å². The van der Waals surface area contributed by atoms with Crippen molar-refractivity contribution < 1.29 is 19.1 Å². The predicted octanol–water partition coefficient (Wildman–Crippen LogP) is 5.24. The number of aromatic nitrogens is 2. The van der Waals surface area contributed by atoms with E-state index in [0.29, 0.717) is 61.2 Å². The number of amides is 1. The average molecular weight is 581 g/mol. The van der Waals surface area contributed by atoms with Crippen molar-refractivity contribution >= 4 is 35.2 Å². The van der Waals surface area contributed by atoms with Gasteiger partial charge in [0.2, 0.25) is 5.91 Å². The van der Waals surface area contributed by atoms with Crippen LogP contribution in [-0.4, -0.2) is 64.2 Å². The van der Waals surface area contributed by atoms with Crippen LogP contribution in [0.2, 0.25) is 5.02 Å². The summed E-state index contributed by atoms with van der Waals surface area (Å²) in [6.07, 6.45) is 5.40. The Kier molecular flexibility index (Phi) is 7.41. The molecule has 2 aliphatic carbocycles. The lowest BCUT2D eigenvalue weighted by atomic mass is 9.84. The van der Waals surface area contributed by atoms with Gasteiger partial charge in [-0.1, -0.05) is 30.7 Å². The number of carbonyl (C=O) groups is 3. The van der Waals surface area contributed by atoms with Crippen LogP contribution in [0.5, 0.6) is 0 Å². The van der Waals surface area contributed by atoms with Crippen molar-refractivity contribution in [3.63, 3.8) is 0 Å². The number of ether oxygens (including phenoxy) is 1. The zero-order valence-electron chi connectivity index (χ0n) is 24.6. The van der Waals surface area contributed by atoms with Crippen LogP contribution in [0.25, 0.3) is 0 Å². The lowest BCUT2D eigenvalue weighted by Crippen LogP contribution is -2.51. The summed E-state index contributed by atoms with van der Waals surface area (Å²) in [7, 11) is 0. The number of esters is 1. The van der Waals surface area contributed by atoms with E-state index in [-0.39, 0.29) is 29.6 Å². The van der Waals surface area contributed by atoms with Gasteiger partial charge in [-0.3, -0.25) is 14.4 Å². The fraction of sp³-hybridized carbons (Fsp3) is 0.625. The number of benzene rings is 1. The Morgan fingerprint density at radius 3 is 2.34 bits per heavy atom. The minimum Gasteiger partial charge on any atom is -0.460 e. The molecular weight excluding hydrogens is 540 g/mol. The second-order valence-electron chi connectivity index (χ2n) is 13.5. The number of hydrogen-bond acceptors (Lipinski definition) is 6. The minimum atomic E-state index is -0.507. The maximum absolute atomic E-state index is 14.2. The number of fused-ring (bicyclic) bond motifs is 1. The smallest absolute Gasteiger partial charge is 0.309 e. The minimum absolute atomic E-state index is 0.143. The highest BCUT2D eigenvalue weighted by atomic mass is 35.5. The van der Waals surface area contributed by atoms with E-state index < -0.39 is 5.60 Å². The summed E-state index contributed by atoms with van der Waals surface area (Å²) in [5, 5.41) is 5.41. The highest BCUT2D eigenvalue weighted by molar-refractivity contribution is 6.34. The highest BCUT2D eigenvalue weighted by Gasteiger charge is 2.40. The number of hydrogen-bond donors (Lipinski definition) is 0. The fourth-order valence-electron chi connectivity index (χ4n) is 6.68. The van der Waals surface area contributed by atoms with E-state index in [1.165, 1.54) is 0 Å². The molecular formula is C32H41ClN4O4. The molecule has 4 aliphatic rings. The van der Waals surface area contributed by atoms with Gasteiger partial charge < -0.3 is 14.5 Å². The highest BCUT2D eigenvalue weighted by Crippen LogP contribution is 2.44. The van der Waals surface area contributed by atoms with Gasteiger partial charge in [-0.2, -0.15) is 4.68 Å². The third-order valence-electron chi connectivity index (χ3n) is 8.98. The summed E-state index contributed by atoms with van der Waals surface area (Å²) < 4.78 is 7.20. The Morgan fingerprint density at radius 1 is 1.00 bits per heavy atom. The number of likely N-dealkylation sites (tertiary alicyclic amines) is 1. The van der Waals surface area contributed by atoms with Crippen LogP contribution < -0.4 is 4.90 Å². The molecule has 41 heavy (non-hydrogen) atoms. The third-order valence-corrected chi connectivity index (χ3v) is 9.30. The van der Waals surface area contributed by atoms with Gasteiger partial charge in [-0.15, -0.1) is 5.10 Å². The molecule has 3 fully saturated rings. The third kappa shape index (κ3) is 5.64. The van der Waals surface area contributed by atoms with Gasteiger partial charge in [-0.25, -0.2) is 0 Å². The summed E-state index contributed by atoms with van der Waals surface area (Å²) in [5.74, 6) is 1.23. The largest absolute Gasteiger partial charge is 0.460 e. The predicted molar refractivity (Wildman–Crippen MR) is 157 cm³/mol. The summed E-state index contributed by atoms with van der Waals surface area (Å²) in [6, 6.07) is 5.69. The van der Waals surface area contributed by atoms with E-state index in [0.717, 1.165) is 55.0 Å². The first-order valence-corrected chi connectivity index (χ1v) is 15.6. The van der Waals surface area contributed by atoms with Crippen LogP contribution in [0, 0.1) is 17.8 Å². The standard InChI is InChI=1S/C32H41ClN4O4/c1-19-17-36(18-19)29(38)22-10-11-24-26(16-22)37(30(39)27-23(20-8-9-20)6-5-7-25(27)33)34-28(24)35-14-12-21(13-15-35)31(40)41-32(2,3)4/h5-7,19-22H,8-18H2,1-4H3. The first-order chi connectivity index (χ1) is 19.5. The molecule has 220 valence electrons. The van der Waals surface area contributed by atoms with Gasteiger partial charge in [0.25, 0.3) is 5.91 Å². The number of carbonyl (C=O) groups excluding carboxylic acids is 3. The van der Waals surface area contributed by atoms with Crippen molar-refractivity contribution in [1.29, 1.82) is 0 Å². The molecule has 9 heteroatoms. The number of piperidine rings is 1. The number of anilines is 1. The summed E-state index contributed by atoms with van der Waals surface area (Å²) in [5.41, 5.74) is 2.90. The molecule has 1 amide bonds. The molecule has 0 spiro atoms. The molecule has 8 nitrogen and oxygen atoms in total.